The Morgan fingerprint density at radius 1 is 1.30 bits per heavy atom. The predicted octanol–water partition coefficient (Wildman–Crippen LogP) is 2.46. The van der Waals surface area contributed by atoms with Gasteiger partial charge in [0.25, 0.3) is 11.5 Å². The zero-order valence-electron chi connectivity index (χ0n) is 13.3. The minimum atomic E-state index is -0.225. The molecule has 1 N–H and O–H groups in total. The number of nitrogens with one attached hydrogen (secondary N) is 1. The number of rotatable bonds is 5. The van der Waals surface area contributed by atoms with Crippen LogP contribution >= 0.6 is 0 Å². The zero-order valence-corrected chi connectivity index (χ0v) is 13.3. The van der Waals surface area contributed by atoms with E-state index in [0.29, 0.717) is 12.2 Å². The first kappa shape index (κ1) is 15.5. The summed E-state index contributed by atoms with van der Waals surface area (Å²) in [5, 5.41) is 7.24. The lowest BCUT2D eigenvalue weighted by atomic mass is 10.1. The molecule has 2 aromatic rings. The van der Waals surface area contributed by atoms with Crippen LogP contribution in [0.5, 0.6) is 0 Å². The Labute approximate surface area is 135 Å². The number of aryl methyl sites for hydroxylation is 2. The molecule has 0 radical (unpaired) electrons. The molecule has 1 atom stereocenters. The fourth-order valence-electron chi connectivity index (χ4n) is 2.98. The Kier molecular flexibility index (Phi) is 4.55. The molecule has 23 heavy (non-hydrogen) atoms. The molecule has 120 valence electrons. The number of unbranched alkanes of at least 4 members (excludes halogenated alkanes) is 1. The lowest BCUT2D eigenvalue weighted by Crippen LogP contribution is -2.31. The lowest BCUT2D eigenvalue weighted by molar-refractivity contribution is 0.0929. The normalized spacial score (nSPS) is 16.1. The van der Waals surface area contributed by atoms with Crippen LogP contribution in [0.3, 0.4) is 0 Å². The summed E-state index contributed by atoms with van der Waals surface area (Å²) in [6, 6.07) is 11.1. The SMILES string of the molecule is CCCCn1nc(C(=O)NC2CCc3ccccc32)ccc1=O. The third-order valence-electron chi connectivity index (χ3n) is 4.26. The summed E-state index contributed by atoms with van der Waals surface area (Å²) in [5.41, 5.74) is 2.60. The van der Waals surface area contributed by atoms with Crippen molar-refractivity contribution in [2.75, 3.05) is 0 Å². The van der Waals surface area contributed by atoms with Gasteiger partial charge < -0.3 is 5.32 Å². The highest BCUT2D eigenvalue weighted by Crippen LogP contribution is 2.30. The van der Waals surface area contributed by atoms with Crippen molar-refractivity contribution in [1.82, 2.24) is 15.1 Å². The number of fused-ring (bicyclic) bond motifs is 1. The second-order valence-corrected chi connectivity index (χ2v) is 5.90. The van der Waals surface area contributed by atoms with Crippen molar-refractivity contribution in [3.05, 3.63) is 63.6 Å². The van der Waals surface area contributed by atoms with E-state index in [9.17, 15) is 9.59 Å². The van der Waals surface area contributed by atoms with Gasteiger partial charge in [-0.05, 0) is 36.5 Å². The van der Waals surface area contributed by atoms with Gasteiger partial charge in [-0.25, -0.2) is 4.68 Å². The zero-order chi connectivity index (χ0) is 16.2. The van der Waals surface area contributed by atoms with E-state index >= 15 is 0 Å². The number of aromatic nitrogens is 2. The molecule has 5 heteroatoms. The molecular weight excluding hydrogens is 290 g/mol. The van der Waals surface area contributed by atoms with Gasteiger partial charge in [-0.2, -0.15) is 5.10 Å². The molecule has 0 fully saturated rings. The summed E-state index contributed by atoms with van der Waals surface area (Å²) >= 11 is 0. The van der Waals surface area contributed by atoms with Crippen molar-refractivity contribution in [3.8, 4) is 0 Å². The van der Waals surface area contributed by atoms with E-state index in [4.69, 9.17) is 0 Å². The van der Waals surface area contributed by atoms with Gasteiger partial charge >= 0.3 is 0 Å². The number of carbonyl (C=O) groups is 1. The van der Waals surface area contributed by atoms with Crippen LogP contribution in [-0.2, 0) is 13.0 Å². The van der Waals surface area contributed by atoms with Gasteiger partial charge in [-0.1, -0.05) is 37.6 Å². The second-order valence-electron chi connectivity index (χ2n) is 5.90. The van der Waals surface area contributed by atoms with Crippen LogP contribution in [-0.4, -0.2) is 15.7 Å². The second kappa shape index (κ2) is 6.77. The van der Waals surface area contributed by atoms with Crippen LogP contribution in [0.25, 0.3) is 0 Å². The van der Waals surface area contributed by atoms with E-state index in [1.54, 1.807) is 0 Å². The Morgan fingerprint density at radius 2 is 2.13 bits per heavy atom. The molecule has 0 bridgehead atoms. The highest BCUT2D eigenvalue weighted by molar-refractivity contribution is 5.92. The summed E-state index contributed by atoms with van der Waals surface area (Å²) < 4.78 is 1.38. The molecular formula is C18H21N3O2. The fraction of sp³-hybridized carbons (Fsp3) is 0.389. The van der Waals surface area contributed by atoms with Gasteiger partial charge in [0.1, 0.15) is 5.69 Å². The van der Waals surface area contributed by atoms with Crippen molar-refractivity contribution < 1.29 is 4.79 Å². The Morgan fingerprint density at radius 3 is 2.96 bits per heavy atom. The number of hydrogen-bond acceptors (Lipinski definition) is 3. The third-order valence-corrected chi connectivity index (χ3v) is 4.26. The summed E-state index contributed by atoms with van der Waals surface area (Å²) in [4.78, 5) is 24.2. The number of carbonyl (C=O) groups excluding carboxylic acids is 1. The standard InChI is InChI=1S/C18H21N3O2/c1-2-3-12-21-17(22)11-10-16(20-21)18(23)19-15-9-8-13-6-4-5-7-14(13)15/h4-7,10-11,15H,2-3,8-9,12H2,1H3,(H,19,23). The highest BCUT2D eigenvalue weighted by Gasteiger charge is 2.24. The molecule has 0 aliphatic heterocycles. The molecule has 5 nitrogen and oxygen atoms in total. The number of amides is 1. The van der Waals surface area contributed by atoms with Crippen LogP contribution in [0.15, 0.2) is 41.2 Å². The van der Waals surface area contributed by atoms with Crippen molar-refractivity contribution in [2.45, 2.75) is 45.2 Å². The Balaban J connectivity index is 1.75. The van der Waals surface area contributed by atoms with Gasteiger partial charge in [0.15, 0.2) is 0 Å². The summed E-state index contributed by atoms with van der Waals surface area (Å²) in [6.07, 6.45) is 3.72. The average Bonchev–Trinajstić information content (AvgIpc) is 2.97. The molecule has 3 rings (SSSR count). The maximum absolute atomic E-state index is 12.5. The minimum absolute atomic E-state index is 0.0246. The molecule has 1 aromatic carbocycles. The molecule has 1 aliphatic rings. The van der Waals surface area contributed by atoms with Gasteiger partial charge in [0.2, 0.25) is 0 Å². The van der Waals surface area contributed by atoms with Crippen LogP contribution in [0.1, 0.15) is 53.8 Å². The van der Waals surface area contributed by atoms with Crippen LogP contribution in [0, 0.1) is 0 Å². The lowest BCUT2D eigenvalue weighted by Gasteiger charge is -2.14. The maximum Gasteiger partial charge on any atom is 0.272 e. The van der Waals surface area contributed by atoms with Gasteiger partial charge in [-0.15, -0.1) is 0 Å². The van der Waals surface area contributed by atoms with Gasteiger partial charge in [-0.3, -0.25) is 9.59 Å². The Bertz CT molecular complexity index is 767. The van der Waals surface area contributed by atoms with E-state index in [0.717, 1.165) is 25.7 Å². The molecule has 1 aliphatic carbocycles. The van der Waals surface area contributed by atoms with Crippen molar-refractivity contribution in [3.63, 3.8) is 0 Å². The highest BCUT2D eigenvalue weighted by atomic mass is 16.2. The van der Waals surface area contributed by atoms with Crippen LogP contribution < -0.4 is 10.9 Å². The smallest absolute Gasteiger partial charge is 0.272 e. The van der Waals surface area contributed by atoms with Crippen molar-refractivity contribution in [1.29, 1.82) is 0 Å². The van der Waals surface area contributed by atoms with Crippen LogP contribution in [0.4, 0.5) is 0 Å². The molecule has 0 saturated heterocycles. The summed E-state index contributed by atoms with van der Waals surface area (Å²) in [5.74, 6) is -0.225. The van der Waals surface area contributed by atoms with E-state index in [1.807, 2.05) is 12.1 Å². The molecule has 1 unspecified atom stereocenters. The fourth-order valence-corrected chi connectivity index (χ4v) is 2.98. The van der Waals surface area contributed by atoms with Crippen LogP contribution in [0.2, 0.25) is 0 Å². The predicted molar refractivity (Wildman–Crippen MR) is 88.4 cm³/mol. The first-order valence-corrected chi connectivity index (χ1v) is 8.16. The van der Waals surface area contributed by atoms with Gasteiger partial charge in [0, 0.05) is 12.6 Å². The van der Waals surface area contributed by atoms with E-state index in [-0.39, 0.29) is 17.5 Å². The molecule has 1 heterocycles. The van der Waals surface area contributed by atoms with E-state index in [2.05, 4.69) is 29.5 Å². The summed E-state index contributed by atoms with van der Waals surface area (Å²) in [7, 11) is 0. The molecule has 0 spiro atoms. The first-order valence-electron chi connectivity index (χ1n) is 8.16. The van der Waals surface area contributed by atoms with E-state index < -0.39 is 0 Å². The third kappa shape index (κ3) is 3.33. The largest absolute Gasteiger partial charge is 0.344 e. The molecule has 1 amide bonds. The monoisotopic (exact) mass is 311 g/mol. The quantitative estimate of drug-likeness (QED) is 0.922. The van der Waals surface area contributed by atoms with E-state index in [1.165, 1.54) is 27.9 Å². The van der Waals surface area contributed by atoms with Crippen molar-refractivity contribution in [2.24, 2.45) is 0 Å². The topological polar surface area (TPSA) is 64.0 Å². The molecule has 1 aromatic heterocycles. The maximum atomic E-state index is 12.5. The molecule has 0 saturated carbocycles. The average molecular weight is 311 g/mol. The van der Waals surface area contributed by atoms with Crippen molar-refractivity contribution >= 4 is 5.91 Å². The number of benzene rings is 1. The summed E-state index contributed by atoms with van der Waals surface area (Å²) in [6.45, 7) is 2.60. The number of nitrogens with zero attached hydrogens (tertiary/aromatic N) is 2. The van der Waals surface area contributed by atoms with Gasteiger partial charge in [0.05, 0.1) is 6.04 Å². The number of hydrogen-bond donors (Lipinski definition) is 1. The first-order chi connectivity index (χ1) is 11.2. The Hall–Kier alpha value is -2.43. The minimum Gasteiger partial charge on any atom is -0.344 e.